The number of nitrogens with zero attached hydrogens (tertiary/aromatic N) is 3. The van der Waals surface area contributed by atoms with Gasteiger partial charge in [-0.15, -0.1) is 0 Å². The molecule has 0 atom stereocenters. The van der Waals surface area contributed by atoms with Crippen LogP contribution in [-0.2, 0) is 16.0 Å². The summed E-state index contributed by atoms with van der Waals surface area (Å²) < 4.78 is 0. The van der Waals surface area contributed by atoms with Crippen molar-refractivity contribution >= 4 is 17.6 Å². The van der Waals surface area contributed by atoms with Crippen molar-refractivity contribution in [2.75, 3.05) is 57.8 Å². The summed E-state index contributed by atoms with van der Waals surface area (Å²) in [6.07, 6.45) is 2.73. The fourth-order valence-corrected chi connectivity index (χ4v) is 3.94. The number of carboxylic acid groups (broad SMARTS) is 1. The zero-order valence-electron chi connectivity index (χ0n) is 16.1. The third-order valence-electron chi connectivity index (χ3n) is 5.59. The van der Waals surface area contributed by atoms with E-state index in [0.717, 1.165) is 50.9 Å². The van der Waals surface area contributed by atoms with Crippen molar-refractivity contribution < 1.29 is 14.7 Å². The number of piperazine rings is 1. The zero-order valence-corrected chi connectivity index (χ0v) is 16.1. The average Bonchev–Trinajstić information content (AvgIpc) is 2.69. The molecule has 1 amide bonds. The van der Waals surface area contributed by atoms with Gasteiger partial charge in [0.05, 0.1) is 6.42 Å². The minimum atomic E-state index is -0.996. The maximum Gasteiger partial charge on any atom is 0.323 e. The standard InChI is InChI=1S/C20H30N4O3/c1-22(15-20(26)27)19(25)14-16-2-4-17(5-3-16)23-10-12-24(13-11-23)18-6-8-21-9-7-18/h2-5,18,21H,6-15H2,1H3,(H,26,27). The van der Waals surface area contributed by atoms with E-state index in [1.807, 2.05) is 12.1 Å². The summed E-state index contributed by atoms with van der Waals surface area (Å²) in [6, 6.07) is 8.81. The Hall–Kier alpha value is -2.12. The van der Waals surface area contributed by atoms with Gasteiger partial charge in [-0.3, -0.25) is 14.5 Å². The summed E-state index contributed by atoms with van der Waals surface area (Å²) in [4.78, 5) is 29.0. The molecule has 0 radical (unpaired) electrons. The van der Waals surface area contributed by atoms with E-state index in [-0.39, 0.29) is 18.9 Å². The van der Waals surface area contributed by atoms with Crippen molar-refractivity contribution in [3.05, 3.63) is 29.8 Å². The molecule has 1 aromatic rings. The number of hydrogen-bond acceptors (Lipinski definition) is 5. The normalized spacial score (nSPS) is 19.1. The minimum absolute atomic E-state index is 0.180. The Morgan fingerprint density at radius 2 is 1.74 bits per heavy atom. The minimum Gasteiger partial charge on any atom is -0.480 e. The highest BCUT2D eigenvalue weighted by atomic mass is 16.4. The van der Waals surface area contributed by atoms with E-state index in [4.69, 9.17) is 5.11 Å². The lowest BCUT2D eigenvalue weighted by Crippen LogP contribution is -2.52. The van der Waals surface area contributed by atoms with E-state index >= 15 is 0 Å². The summed E-state index contributed by atoms with van der Waals surface area (Å²) in [5, 5.41) is 12.2. The van der Waals surface area contributed by atoms with Crippen molar-refractivity contribution in [3.63, 3.8) is 0 Å². The molecule has 0 unspecified atom stereocenters. The Bertz CT molecular complexity index is 635. The molecule has 148 valence electrons. The van der Waals surface area contributed by atoms with Gasteiger partial charge in [0, 0.05) is 45.0 Å². The lowest BCUT2D eigenvalue weighted by molar-refractivity contribution is -0.143. The largest absolute Gasteiger partial charge is 0.480 e. The number of aliphatic carboxylic acids is 1. The fourth-order valence-electron chi connectivity index (χ4n) is 3.94. The molecule has 0 saturated carbocycles. The van der Waals surface area contributed by atoms with Gasteiger partial charge in [0.1, 0.15) is 6.54 Å². The van der Waals surface area contributed by atoms with Gasteiger partial charge in [0.2, 0.25) is 5.91 Å². The maximum absolute atomic E-state index is 12.1. The second kappa shape index (κ2) is 9.19. The number of carbonyl (C=O) groups is 2. The van der Waals surface area contributed by atoms with E-state index < -0.39 is 5.97 Å². The van der Waals surface area contributed by atoms with Gasteiger partial charge < -0.3 is 20.2 Å². The average molecular weight is 374 g/mol. The number of carboxylic acids is 1. The van der Waals surface area contributed by atoms with Crippen LogP contribution < -0.4 is 10.2 Å². The quantitative estimate of drug-likeness (QED) is 0.761. The van der Waals surface area contributed by atoms with Crippen LogP contribution in [0.2, 0.25) is 0 Å². The first-order valence-electron chi connectivity index (χ1n) is 9.77. The molecular formula is C20H30N4O3. The summed E-state index contributed by atoms with van der Waals surface area (Å²) in [5.74, 6) is -1.18. The number of likely N-dealkylation sites (N-methyl/N-ethyl adjacent to an activating group) is 1. The maximum atomic E-state index is 12.1. The molecule has 7 heteroatoms. The molecule has 27 heavy (non-hydrogen) atoms. The number of benzene rings is 1. The first kappa shape index (κ1) is 19.6. The van der Waals surface area contributed by atoms with Crippen molar-refractivity contribution in [2.24, 2.45) is 0 Å². The summed E-state index contributed by atoms with van der Waals surface area (Å²) in [5.41, 5.74) is 2.10. The molecule has 7 nitrogen and oxygen atoms in total. The molecule has 2 N–H and O–H groups in total. The van der Waals surface area contributed by atoms with E-state index in [1.165, 1.54) is 30.5 Å². The molecule has 0 bridgehead atoms. The predicted molar refractivity (Wildman–Crippen MR) is 105 cm³/mol. The van der Waals surface area contributed by atoms with Crippen LogP contribution in [0.15, 0.2) is 24.3 Å². The van der Waals surface area contributed by atoms with E-state index in [0.29, 0.717) is 0 Å². The van der Waals surface area contributed by atoms with Gasteiger partial charge in [0.25, 0.3) is 0 Å². The van der Waals surface area contributed by atoms with Crippen molar-refractivity contribution in [2.45, 2.75) is 25.3 Å². The number of rotatable bonds is 6. The van der Waals surface area contributed by atoms with Crippen LogP contribution >= 0.6 is 0 Å². The Labute approximate surface area is 160 Å². The number of carbonyl (C=O) groups excluding carboxylic acids is 1. The molecule has 2 fully saturated rings. The highest BCUT2D eigenvalue weighted by molar-refractivity contribution is 5.82. The second-order valence-corrected chi connectivity index (χ2v) is 7.49. The van der Waals surface area contributed by atoms with Gasteiger partial charge in [-0.05, 0) is 43.6 Å². The lowest BCUT2D eigenvalue weighted by Gasteiger charge is -2.41. The van der Waals surface area contributed by atoms with E-state index in [2.05, 4.69) is 27.2 Å². The third-order valence-corrected chi connectivity index (χ3v) is 5.59. The Kier molecular flexibility index (Phi) is 6.68. The zero-order chi connectivity index (χ0) is 19.2. The molecule has 2 aliphatic heterocycles. The lowest BCUT2D eigenvalue weighted by atomic mass is 10.0. The van der Waals surface area contributed by atoms with Gasteiger partial charge in [-0.25, -0.2) is 0 Å². The first-order chi connectivity index (χ1) is 13.0. The third kappa shape index (κ3) is 5.43. The van der Waals surface area contributed by atoms with Gasteiger partial charge >= 0.3 is 5.97 Å². The van der Waals surface area contributed by atoms with E-state index in [9.17, 15) is 9.59 Å². The number of anilines is 1. The van der Waals surface area contributed by atoms with Crippen LogP contribution in [0.5, 0.6) is 0 Å². The summed E-state index contributed by atoms with van der Waals surface area (Å²) >= 11 is 0. The van der Waals surface area contributed by atoms with E-state index in [1.54, 1.807) is 0 Å². The molecule has 1 aromatic carbocycles. The first-order valence-corrected chi connectivity index (χ1v) is 9.77. The van der Waals surface area contributed by atoms with Gasteiger partial charge in [-0.1, -0.05) is 12.1 Å². The Morgan fingerprint density at radius 1 is 1.11 bits per heavy atom. The second-order valence-electron chi connectivity index (χ2n) is 7.49. The smallest absolute Gasteiger partial charge is 0.323 e. The Morgan fingerprint density at radius 3 is 2.33 bits per heavy atom. The topological polar surface area (TPSA) is 76.1 Å². The SMILES string of the molecule is CN(CC(=O)O)C(=O)Cc1ccc(N2CCN(C3CCNCC3)CC2)cc1. The molecular weight excluding hydrogens is 344 g/mol. The molecule has 2 saturated heterocycles. The molecule has 2 aliphatic rings. The van der Waals surface area contributed by atoms with Crippen molar-refractivity contribution in [3.8, 4) is 0 Å². The number of nitrogens with one attached hydrogen (secondary N) is 1. The van der Waals surface area contributed by atoms with Crippen LogP contribution in [0.1, 0.15) is 18.4 Å². The molecule has 0 aromatic heterocycles. The predicted octanol–water partition coefficient (Wildman–Crippen LogP) is 0.646. The van der Waals surface area contributed by atoms with Crippen LogP contribution in [0, 0.1) is 0 Å². The molecule has 0 aliphatic carbocycles. The highest BCUT2D eigenvalue weighted by Crippen LogP contribution is 2.20. The number of hydrogen-bond donors (Lipinski definition) is 2. The highest BCUT2D eigenvalue weighted by Gasteiger charge is 2.25. The summed E-state index contributed by atoms with van der Waals surface area (Å²) in [6.45, 7) is 6.26. The number of piperidine rings is 1. The molecule has 2 heterocycles. The summed E-state index contributed by atoms with van der Waals surface area (Å²) in [7, 11) is 1.52. The number of amides is 1. The van der Waals surface area contributed by atoms with Crippen LogP contribution in [0.4, 0.5) is 5.69 Å². The van der Waals surface area contributed by atoms with Crippen molar-refractivity contribution in [1.82, 2.24) is 15.1 Å². The van der Waals surface area contributed by atoms with Gasteiger partial charge in [-0.2, -0.15) is 0 Å². The molecule has 0 spiro atoms. The molecule has 3 rings (SSSR count). The van der Waals surface area contributed by atoms with Crippen molar-refractivity contribution in [1.29, 1.82) is 0 Å². The fraction of sp³-hybridized carbons (Fsp3) is 0.600. The van der Waals surface area contributed by atoms with Crippen LogP contribution in [-0.4, -0.2) is 85.7 Å². The Balaban J connectivity index is 1.49. The van der Waals surface area contributed by atoms with Gasteiger partial charge in [0.15, 0.2) is 0 Å². The monoisotopic (exact) mass is 374 g/mol. The van der Waals surface area contributed by atoms with Crippen LogP contribution in [0.3, 0.4) is 0 Å². The van der Waals surface area contributed by atoms with Crippen LogP contribution in [0.25, 0.3) is 0 Å².